The molecule has 0 aromatic rings. The molecule has 0 aromatic heterocycles. The number of hydrogen-bond donors (Lipinski definition) is 0. The molecule has 1 nitrogen and oxygen atoms in total. The highest BCUT2D eigenvalue weighted by Gasteiger charge is 2.50. The summed E-state index contributed by atoms with van der Waals surface area (Å²) in [6.07, 6.45) is 3.15. The lowest BCUT2D eigenvalue weighted by molar-refractivity contribution is -0.120. The van der Waals surface area contributed by atoms with Gasteiger partial charge in [0.1, 0.15) is 0 Å². The normalized spacial score (nSPS) is 49.2. The third kappa shape index (κ3) is 0.769. The maximum absolute atomic E-state index is 11.7. The topological polar surface area (TPSA) is 17.1 Å². The van der Waals surface area contributed by atoms with E-state index in [0.29, 0.717) is 23.5 Å². The summed E-state index contributed by atoms with van der Waals surface area (Å²) in [6.45, 7) is 6.50. The monoisotopic (exact) mass is 164 g/mol. The zero-order valence-corrected chi connectivity index (χ0v) is 8.00. The average Bonchev–Trinajstić information content (AvgIpc) is 2.51. The molecule has 4 atom stereocenters. The van der Waals surface area contributed by atoms with Crippen molar-refractivity contribution < 1.29 is 4.79 Å². The highest BCUT2D eigenvalue weighted by molar-refractivity contribution is 6.01. The smallest absolute Gasteiger partial charge is 0.162 e. The minimum Gasteiger partial charge on any atom is -0.294 e. The molecule has 1 heteroatoms. The quantitative estimate of drug-likeness (QED) is 0.502. The summed E-state index contributed by atoms with van der Waals surface area (Å²) in [5.74, 6) is 2.72. The Morgan fingerprint density at radius 2 is 1.83 bits per heavy atom. The molecule has 0 saturated heterocycles. The van der Waals surface area contributed by atoms with E-state index in [1.165, 1.54) is 0 Å². The predicted molar refractivity (Wildman–Crippen MR) is 48.7 cm³/mol. The van der Waals surface area contributed by atoms with Gasteiger partial charge in [-0.3, -0.25) is 4.79 Å². The van der Waals surface area contributed by atoms with Gasteiger partial charge >= 0.3 is 0 Å². The molecule has 2 aliphatic carbocycles. The second-order valence-corrected chi connectivity index (χ2v) is 4.28. The lowest BCUT2D eigenvalue weighted by Gasteiger charge is -2.25. The highest BCUT2D eigenvalue weighted by Crippen LogP contribution is 2.52. The Bertz CT molecular complexity index is 252. The van der Waals surface area contributed by atoms with E-state index in [1.807, 2.05) is 13.0 Å². The molecule has 2 saturated carbocycles. The van der Waals surface area contributed by atoms with Crippen LogP contribution in [0, 0.1) is 23.7 Å². The number of rotatable bonds is 0. The summed E-state index contributed by atoms with van der Waals surface area (Å²) in [6, 6.07) is 0. The van der Waals surface area contributed by atoms with E-state index in [2.05, 4.69) is 13.8 Å². The van der Waals surface area contributed by atoms with E-state index in [9.17, 15) is 4.79 Å². The molecule has 0 N–H and O–H groups in total. The van der Waals surface area contributed by atoms with Gasteiger partial charge in [-0.05, 0) is 36.7 Å². The van der Waals surface area contributed by atoms with Crippen molar-refractivity contribution in [2.75, 3.05) is 0 Å². The van der Waals surface area contributed by atoms with Gasteiger partial charge < -0.3 is 0 Å². The standard InChI is InChI=1S/C11H16O/c1-4-8-9-5-10(11(8)12)7(3)6(9)2/h4,6-7,9-10H,5H2,1-3H3/b8-4+. The first-order chi connectivity index (χ1) is 5.66. The number of carbonyl (C=O) groups excluding carboxylic acids is 1. The zero-order valence-electron chi connectivity index (χ0n) is 8.00. The van der Waals surface area contributed by atoms with Crippen molar-refractivity contribution in [2.24, 2.45) is 23.7 Å². The number of allylic oxidation sites excluding steroid dienone is 2. The van der Waals surface area contributed by atoms with Gasteiger partial charge in [-0.25, -0.2) is 0 Å². The van der Waals surface area contributed by atoms with Crippen LogP contribution in [0.4, 0.5) is 0 Å². The van der Waals surface area contributed by atoms with Crippen LogP contribution in [0.3, 0.4) is 0 Å². The fraction of sp³-hybridized carbons (Fsp3) is 0.727. The number of Topliss-reactive ketones (excluding diaryl/α,β-unsaturated/α-hetero) is 1. The Balaban J connectivity index is 2.36. The molecule has 0 amide bonds. The molecule has 0 heterocycles. The number of hydrogen-bond acceptors (Lipinski definition) is 1. The fourth-order valence-corrected chi connectivity index (χ4v) is 2.94. The first kappa shape index (κ1) is 8.03. The van der Waals surface area contributed by atoms with Crippen LogP contribution in [-0.4, -0.2) is 5.78 Å². The summed E-state index contributed by atoms with van der Waals surface area (Å²) < 4.78 is 0. The molecule has 0 aromatic carbocycles. The predicted octanol–water partition coefficient (Wildman–Crippen LogP) is 2.42. The molecule has 2 bridgehead atoms. The Labute approximate surface area is 73.8 Å². The summed E-state index contributed by atoms with van der Waals surface area (Å²) in [7, 11) is 0. The average molecular weight is 164 g/mol. The fourth-order valence-electron chi connectivity index (χ4n) is 2.94. The molecule has 0 spiro atoms. The second kappa shape index (κ2) is 2.45. The van der Waals surface area contributed by atoms with Crippen LogP contribution >= 0.6 is 0 Å². The lowest BCUT2D eigenvalue weighted by atomic mass is 9.78. The third-order valence-electron chi connectivity index (χ3n) is 3.94. The van der Waals surface area contributed by atoms with Crippen LogP contribution in [0.1, 0.15) is 27.2 Å². The maximum atomic E-state index is 11.7. The molecule has 2 fully saturated rings. The highest BCUT2D eigenvalue weighted by atomic mass is 16.1. The van der Waals surface area contributed by atoms with Crippen molar-refractivity contribution in [1.29, 1.82) is 0 Å². The van der Waals surface area contributed by atoms with Crippen LogP contribution in [-0.2, 0) is 4.79 Å². The second-order valence-electron chi connectivity index (χ2n) is 4.28. The van der Waals surface area contributed by atoms with Gasteiger partial charge in [0.25, 0.3) is 0 Å². The summed E-state index contributed by atoms with van der Waals surface area (Å²) in [5.41, 5.74) is 1.12. The van der Waals surface area contributed by atoms with Crippen LogP contribution < -0.4 is 0 Å². The molecule has 12 heavy (non-hydrogen) atoms. The Kier molecular flexibility index (Phi) is 1.64. The number of fused-ring (bicyclic) bond motifs is 2. The number of carbonyl (C=O) groups is 1. The minimum absolute atomic E-state index is 0.358. The molecule has 2 aliphatic rings. The van der Waals surface area contributed by atoms with Gasteiger partial charge in [-0.1, -0.05) is 19.9 Å². The van der Waals surface area contributed by atoms with E-state index in [-0.39, 0.29) is 0 Å². The molecule has 0 aliphatic heterocycles. The largest absolute Gasteiger partial charge is 0.294 e. The summed E-state index contributed by atoms with van der Waals surface area (Å²) >= 11 is 0. The van der Waals surface area contributed by atoms with Crippen molar-refractivity contribution in [2.45, 2.75) is 27.2 Å². The van der Waals surface area contributed by atoms with E-state index >= 15 is 0 Å². The third-order valence-corrected chi connectivity index (χ3v) is 3.94. The van der Waals surface area contributed by atoms with E-state index < -0.39 is 0 Å². The number of ketones is 1. The Morgan fingerprint density at radius 3 is 2.33 bits per heavy atom. The van der Waals surface area contributed by atoms with Gasteiger partial charge in [0.2, 0.25) is 0 Å². The molecule has 0 radical (unpaired) electrons. The van der Waals surface area contributed by atoms with Crippen molar-refractivity contribution in [3.05, 3.63) is 11.6 Å². The molecular weight excluding hydrogens is 148 g/mol. The van der Waals surface area contributed by atoms with Crippen LogP contribution in [0.5, 0.6) is 0 Å². The van der Waals surface area contributed by atoms with Crippen LogP contribution in [0.25, 0.3) is 0 Å². The van der Waals surface area contributed by atoms with Crippen molar-refractivity contribution in [3.8, 4) is 0 Å². The summed E-state index contributed by atoms with van der Waals surface area (Å²) in [5, 5.41) is 0. The van der Waals surface area contributed by atoms with Gasteiger partial charge in [-0.15, -0.1) is 0 Å². The zero-order chi connectivity index (χ0) is 8.88. The van der Waals surface area contributed by atoms with E-state index in [1.54, 1.807) is 0 Å². The Morgan fingerprint density at radius 1 is 1.25 bits per heavy atom. The van der Waals surface area contributed by atoms with Crippen molar-refractivity contribution in [3.63, 3.8) is 0 Å². The van der Waals surface area contributed by atoms with E-state index in [4.69, 9.17) is 0 Å². The van der Waals surface area contributed by atoms with Crippen LogP contribution in [0.2, 0.25) is 0 Å². The Hall–Kier alpha value is -0.590. The molecular formula is C11H16O. The minimum atomic E-state index is 0.358. The van der Waals surface area contributed by atoms with Gasteiger partial charge in [0.15, 0.2) is 5.78 Å². The molecule has 2 rings (SSSR count). The molecule has 4 unspecified atom stereocenters. The van der Waals surface area contributed by atoms with Gasteiger partial charge in [0, 0.05) is 5.92 Å². The SMILES string of the molecule is C/C=C1/C(=O)C2CC1C(C)C2C. The van der Waals surface area contributed by atoms with Gasteiger partial charge in [-0.2, -0.15) is 0 Å². The van der Waals surface area contributed by atoms with E-state index in [0.717, 1.165) is 17.9 Å². The summed E-state index contributed by atoms with van der Waals surface area (Å²) in [4.78, 5) is 11.7. The maximum Gasteiger partial charge on any atom is 0.162 e. The molecule has 66 valence electrons. The first-order valence-corrected chi connectivity index (χ1v) is 4.87. The van der Waals surface area contributed by atoms with Gasteiger partial charge in [0.05, 0.1) is 0 Å². The first-order valence-electron chi connectivity index (χ1n) is 4.87. The van der Waals surface area contributed by atoms with Crippen LogP contribution in [0.15, 0.2) is 11.6 Å². The van der Waals surface area contributed by atoms with Crippen molar-refractivity contribution >= 4 is 5.78 Å². The lowest BCUT2D eigenvalue weighted by Crippen LogP contribution is -2.26. The van der Waals surface area contributed by atoms with Crippen molar-refractivity contribution in [1.82, 2.24) is 0 Å².